The Balaban J connectivity index is 2.31. The van der Waals surface area contributed by atoms with E-state index in [1.807, 2.05) is 19.1 Å². The van der Waals surface area contributed by atoms with Gasteiger partial charge in [0, 0.05) is 11.2 Å². The average molecular weight is 287 g/mol. The molecule has 0 heterocycles. The van der Waals surface area contributed by atoms with Crippen LogP contribution in [0.4, 0.5) is 10.1 Å². The standard InChI is InChI=1S/C15H15BFNO3/c1-2-10-6-3-4-9-13(10)18-15(19)11-7-5-8-12(14(11)17)16(20)21/h3-9,20-21H,2H2,1H3,(H,18,19). The molecule has 0 radical (unpaired) electrons. The van der Waals surface area contributed by atoms with E-state index < -0.39 is 18.8 Å². The van der Waals surface area contributed by atoms with Crippen LogP contribution in [0.2, 0.25) is 0 Å². The van der Waals surface area contributed by atoms with Crippen molar-refractivity contribution in [2.24, 2.45) is 0 Å². The van der Waals surface area contributed by atoms with Crippen LogP contribution in [0.1, 0.15) is 22.8 Å². The van der Waals surface area contributed by atoms with Gasteiger partial charge >= 0.3 is 7.12 Å². The normalized spacial score (nSPS) is 10.3. The fourth-order valence-electron chi connectivity index (χ4n) is 2.06. The largest absolute Gasteiger partial charge is 0.491 e. The number of hydrogen-bond donors (Lipinski definition) is 3. The highest BCUT2D eigenvalue weighted by atomic mass is 19.1. The molecule has 4 nitrogen and oxygen atoms in total. The molecule has 0 saturated heterocycles. The van der Waals surface area contributed by atoms with Crippen molar-refractivity contribution >= 4 is 24.2 Å². The molecule has 2 aromatic rings. The van der Waals surface area contributed by atoms with Crippen LogP contribution in [0.15, 0.2) is 42.5 Å². The lowest BCUT2D eigenvalue weighted by atomic mass is 9.79. The lowest BCUT2D eigenvalue weighted by Gasteiger charge is -2.11. The Morgan fingerprint density at radius 2 is 1.90 bits per heavy atom. The number of anilines is 1. The second-order valence-electron chi connectivity index (χ2n) is 4.55. The van der Waals surface area contributed by atoms with Crippen molar-refractivity contribution in [1.29, 1.82) is 0 Å². The number of carbonyl (C=O) groups is 1. The number of para-hydroxylation sites is 1. The zero-order chi connectivity index (χ0) is 15.4. The van der Waals surface area contributed by atoms with Gasteiger partial charge in [0.15, 0.2) is 0 Å². The molecule has 0 fully saturated rings. The van der Waals surface area contributed by atoms with Crippen LogP contribution in [0.5, 0.6) is 0 Å². The van der Waals surface area contributed by atoms with E-state index in [4.69, 9.17) is 10.0 Å². The summed E-state index contributed by atoms with van der Waals surface area (Å²) in [6, 6.07) is 11.2. The van der Waals surface area contributed by atoms with Gasteiger partial charge in [0.05, 0.1) is 5.56 Å². The number of amides is 1. The Morgan fingerprint density at radius 3 is 2.57 bits per heavy atom. The molecule has 21 heavy (non-hydrogen) atoms. The van der Waals surface area contributed by atoms with E-state index >= 15 is 0 Å². The third kappa shape index (κ3) is 3.29. The predicted octanol–water partition coefficient (Wildman–Crippen LogP) is 1.32. The van der Waals surface area contributed by atoms with E-state index in [2.05, 4.69) is 5.32 Å². The molecular weight excluding hydrogens is 272 g/mol. The molecule has 0 unspecified atom stereocenters. The minimum Gasteiger partial charge on any atom is -0.423 e. The first kappa shape index (κ1) is 15.2. The van der Waals surface area contributed by atoms with Crippen LogP contribution in [-0.4, -0.2) is 23.1 Å². The fraction of sp³-hybridized carbons (Fsp3) is 0.133. The quantitative estimate of drug-likeness (QED) is 0.743. The number of aryl methyl sites for hydroxylation is 1. The number of rotatable bonds is 4. The SMILES string of the molecule is CCc1ccccc1NC(=O)c1cccc(B(O)O)c1F. The Hall–Kier alpha value is -2.18. The van der Waals surface area contributed by atoms with E-state index in [9.17, 15) is 9.18 Å². The maximum absolute atomic E-state index is 14.1. The highest BCUT2D eigenvalue weighted by Crippen LogP contribution is 2.17. The van der Waals surface area contributed by atoms with Gasteiger partial charge in [-0.1, -0.05) is 37.3 Å². The monoisotopic (exact) mass is 287 g/mol. The Labute approximate surface area is 122 Å². The molecule has 0 saturated carbocycles. The number of nitrogens with one attached hydrogen (secondary N) is 1. The topological polar surface area (TPSA) is 69.6 Å². The van der Waals surface area contributed by atoms with E-state index in [-0.39, 0.29) is 11.0 Å². The zero-order valence-electron chi connectivity index (χ0n) is 11.5. The highest BCUT2D eigenvalue weighted by Gasteiger charge is 2.22. The van der Waals surface area contributed by atoms with Gasteiger partial charge in [-0.15, -0.1) is 0 Å². The summed E-state index contributed by atoms with van der Waals surface area (Å²) in [5, 5.41) is 20.8. The maximum Gasteiger partial charge on any atom is 0.491 e. The van der Waals surface area contributed by atoms with Crippen molar-refractivity contribution in [3.63, 3.8) is 0 Å². The highest BCUT2D eigenvalue weighted by molar-refractivity contribution is 6.58. The summed E-state index contributed by atoms with van der Waals surface area (Å²) in [5.74, 6) is -1.56. The van der Waals surface area contributed by atoms with Gasteiger partial charge in [0.25, 0.3) is 5.91 Å². The summed E-state index contributed by atoms with van der Waals surface area (Å²) in [6.45, 7) is 1.95. The molecule has 0 bridgehead atoms. The summed E-state index contributed by atoms with van der Waals surface area (Å²) in [7, 11) is -1.96. The third-order valence-electron chi connectivity index (χ3n) is 3.20. The summed E-state index contributed by atoms with van der Waals surface area (Å²) in [4.78, 5) is 12.2. The molecule has 108 valence electrons. The number of halogens is 1. The Kier molecular flexibility index (Phi) is 4.72. The van der Waals surface area contributed by atoms with Crippen LogP contribution in [0.3, 0.4) is 0 Å². The van der Waals surface area contributed by atoms with Crippen LogP contribution in [-0.2, 0) is 6.42 Å². The van der Waals surface area contributed by atoms with E-state index in [0.717, 1.165) is 12.0 Å². The first-order valence-electron chi connectivity index (χ1n) is 6.58. The van der Waals surface area contributed by atoms with E-state index in [1.165, 1.54) is 18.2 Å². The van der Waals surface area contributed by atoms with Gasteiger partial charge in [0.2, 0.25) is 0 Å². The molecular formula is C15H15BFNO3. The zero-order valence-corrected chi connectivity index (χ0v) is 11.5. The van der Waals surface area contributed by atoms with Gasteiger partial charge < -0.3 is 15.4 Å². The van der Waals surface area contributed by atoms with Crippen molar-refractivity contribution < 1.29 is 19.2 Å². The molecule has 1 amide bonds. The number of hydrogen-bond acceptors (Lipinski definition) is 3. The minimum absolute atomic E-state index is 0.230. The second-order valence-corrected chi connectivity index (χ2v) is 4.55. The predicted molar refractivity (Wildman–Crippen MR) is 80.0 cm³/mol. The van der Waals surface area contributed by atoms with Crippen LogP contribution < -0.4 is 10.8 Å². The molecule has 0 aliphatic rings. The lowest BCUT2D eigenvalue weighted by molar-refractivity contribution is 0.102. The van der Waals surface area contributed by atoms with E-state index in [1.54, 1.807) is 12.1 Å². The lowest BCUT2D eigenvalue weighted by Crippen LogP contribution is -2.34. The molecule has 2 aromatic carbocycles. The molecule has 0 aromatic heterocycles. The smallest absolute Gasteiger partial charge is 0.423 e. The molecule has 0 spiro atoms. The maximum atomic E-state index is 14.1. The third-order valence-corrected chi connectivity index (χ3v) is 3.20. The van der Waals surface area contributed by atoms with Gasteiger partial charge in [0.1, 0.15) is 5.82 Å². The number of benzene rings is 2. The van der Waals surface area contributed by atoms with Crippen molar-refractivity contribution in [1.82, 2.24) is 0 Å². The Morgan fingerprint density at radius 1 is 1.19 bits per heavy atom. The molecule has 2 rings (SSSR count). The molecule has 3 N–H and O–H groups in total. The molecule has 0 atom stereocenters. The summed E-state index contributed by atoms with van der Waals surface area (Å²) < 4.78 is 14.1. The van der Waals surface area contributed by atoms with Crippen LogP contribution in [0.25, 0.3) is 0 Å². The first-order valence-corrected chi connectivity index (χ1v) is 6.58. The number of carbonyl (C=O) groups excluding carboxylic acids is 1. The van der Waals surface area contributed by atoms with Crippen molar-refractivity contribution in [2.75, 3.05) is 5.32 Å². The summed E-state index contributed by atoms with van der Waals surface area (Å²) >= 11 is 0. The van der Waals surface area contributed by atoms with Gasteiger partial charge in [-0.2, -0.15) is 0 Å². The average Bonchev–Trinajstić information content (AvgIpc) is 2.47. The fourth-order valence-corrected chi connectivity index (χ4v) is 2.06. The van der Waals surface area contributed by atoms with Gasteiger partial charge in [-0.05, 0) is 24.1 Å². The van der Waals surface area contributed by atoms with Gasteiger partial charge in [-0.25, -0.2) is 4.39 Å². The van der Waals surface area contributed by atoms with Gasteiger partial charge in [-0.3, -0.25) is 4.79 Å². The van der Waals surface area contributed by atoms with Crippen molar-refractivity contribution in [2.45, 2.75) is 13.3 Å². The minimum atomic E-state index is -1.96. The molecule has 0 aliphatic carbocycles. The Bertz CT molecular complexity index is 661. The van der Waals surface area contributed by atoms with Crippen LogP contribution in [0, 0.1) is 5.82 Å². The first-order chi connectivity index (χ1) is 10.0. The van der Waals surface area contributed by atoms with Crippen LogP contribution >= 0.6 is 0 Å². The second kappa shape index (κ2) is 6.52. The molecule has 0 aliphatic heterocycles. The van der Waals surface area contributed by atoms with E-state index in [0.29, 0.717) is 5.69 Å². The molecule has 6 heteroatoms. The van der Waals surface area contributed by atoms with Crippen molar-refractivity contribution in [3.8, 4) is 0 Å². The summed E-state index contributed by atoms with van der Waals surface area (Å²) in [5.41, 5.74) is 0.988. The summed E-state index contributed by atoms with van der Waals surface area (Å²) in [6.07, 6.45) is 0.730. The van der Waals surface area contributed by atoms with Crippen molar-refractivity contribution in [3.05, 3.63) is 59.4 Å².